The molecule has 2 heterocycles. The van der Waals surface area contributed by atoms with Gasteiger partial charge in [0.15, 0.2) is 0 Å². The topological polar surface area (TPSA) is 13.8 Å². The van der Waals surface area contributed by atoms with Crippen molar-refractivity contribution < 1.29 is 9.80 Å². The zero-order valence-electron chi connectivity index (χ0n) is 19.0. The number of piperazine rings is 1. The van der Waals surface area contributed by atoms with Crippen molar-refractivity contribution in [3.05, 3.63) is 83.4 Å². The summed E-state index contributed by atoms with van der Waals surface area (Å²) in [5, 5.41) is 2.80. The quantitative estimate of drug-likeness (QED) is 0.483. The number of hydrogen-bond acceptors (Lipinski definition) is 0. The molecule has 5 rings (SSSR count). The molecule has 1 aliphatic rings. The molecule has 3 aromatic carbocycles. The van der Waals surface area contributed by atoms with Gasteiger partial charge in [-0.05, 0) is 37.1 Å². The van der Waals surface area contributed by atoms with Gasteiger partial charge in [0.25, 0.3) is 0 Å². The van der Waals surface area contributed by atoms with E-state index in [2.05, 4.69) is 85.1 Å². The lowest BCUT2D eigenvalue weighted by Crippen LogP contribution is -3.27. The van der Waals surface area contributed by atoms with E-state index >= 15 is 0 Å². The van der Waals surface area contributed by atoms with Crippen LogP contribution >= 0.6 is 0 Å². The van der Waals surface area contributed by atoms with Crippen molar-refractivity contribution >= 4 is 21.8 Å². The third kappa shape index (κ3) is 4.13. The van der Waals surface area contributed by atoms with Crippen LogP contribution in [0.5, 0.6) is 0 Å². The minimum Gasteiger partial charge on any atom is -0.341 e. The van der Waals surface area contributed by atoms with Crippen LogP contribution in [0.3, 0.4) is 0 Å². The van der Waals surface area contributed by atoms with E-state index in [9.17, 15) is 0 Å². The molecule has 3 heteroatoms. The van der Waals surface area contributed by atoms with Gasteiger partial charge in [-0.15, -0.1) is 0 Å². The number of rotatable bonds is 6. The van der Waals surface area contributed by atoms with Gasteiger partial charge in [0.1, 0.15) is 39.3 Å². The Balaban J connectivity index is 1.25. The van der Waals surface area contributed by atoms with E-state index in [1.165, 1.54) is 71.2 Å². The van der Waals surface area contributed by atoms with Gasteiger partial charge in [0.2, 0.25) is 0 Å². The first-order valence-electron chi connectivity index (χ1n) is 12.0. The number of aromatic nitrogens is 1. The fourth-order valence-electron chi connectivity index (χ4n) is 5.33. The van der Waals surface area contributed by atoms with E-state index in [-0.39, 0.29) is 0 Å². The smallest absolute Gasteiger partial charge is 0.127 e. The number of aryl methyl sites for hydroxylation is 2. The number of benzene rings is 3. The van der Waals surface area contributed by atoms with Crippen molar-refractivity contribution in [1.82, 2.24) is 4.57 Å². The second-order valence-corrected chi connectivity index (χ2v) is 9.14. The van der Waals surface area contributed by atoms with Crippen LogP contribution in [0.25, 0.3) is 21.8 Å². The van der Waals surface area contributed by atoms with E-state index in [0.717, 1.165) is 19.5 Å². The highest BCUT2D eigenvalue weighted by Crippen LogP contribution is 2.29. The summed E-state index contributed by atoms with van der Waals surface area (Å²) in [6.45, 7) is 12.8. The molecule has 1 fully saturated rings. The Morgan fingerprint density at radius 1 is 0.645 bits per heavy atom. The van der Waals surface area contributed by atoms with Gasteiger partial charge in [0, 0.05) is 39.5 Å². The van der Waals surface area contributed by atoms with Crippen LogP contribution in [0.1, 0.15) is 30.5 Å². The van der Waals surface area contributed by atoms with Gasteiger partial charge in [-0.1, -0.05) is 55.5 Å². The minimum atomic E-state index is 1.01. The highest BCUT2D eigenvalue weighted by molar-refractivity contribution is 6.08. The summed E-state index contributed by atoms with van der Waals surface area (Å²) in [7, 11) is 0. The molecular weight excluding hydrogens is 378 g/mol. The molecule has 1 saturated heterocycles. The maximum Gasteiger partial charge on any atom is 0.127 e. The molecule has 2 N–H and O–H groups in total. The van der Waals surface area contributed by atoms with E-state index < -0.39 is 0 Å². The predicted molar refractivity (Wildman–Crippen MR) is 130 cm³/mol. The Hall–Kier alpha value is -2.62. The molecule has 160 valence electrons. The van der Waals surface area contributed by atoms with E-state index in [1.807, 2.05) is 0 Å². The van der Waals surface area contributed by atoms with E-state index in [1.54, 1.807) is 9.80 Å². The summed E-state index contributed by atoms with van der Waals surface area (Å²) in [5.74, 6) is 0. The van der Waals surface area contributed by atoms with Gasteiger partial charge in [0.05, 0.1) is 0 Å². The molecule has 0 atom stereocenters. The monoisotopic (exact) mass is 413 g/mol. The van der Waals surface area contributed by atoms with Crippen molar-refractivity contribution in [2.75, 3.05) is 26.2 Å². The second kappa shape index (κ2) is 8.86. The average Bonchev–Trinajstić information content (AvgIpc) is 3.14. The zero-order valence-corrected chi connectivity index (χ0v) is 19.0. The summed E-state index contributed by atoms with van der Waals surface area (Å²) in [6, 6.07) is 25.2. The molecule has 0 unspecified atom stereocenters. The van der Waals surface area contributed by atoms with Gasteiger partial charge in [-0.3, -0.25) is 0 Å². The van der Waals surface area contributed by atoms with Crippen LogP contribution in [0.2, 0.25) is 0 Å². The first kappa shape index (κ1) is 20.3. The standard InChI is InChI=1S/C28H33N3/c1-3-22-9-11-23(12-10-22)20-29-15-17-30(18-16-29)21-24-13-14-28-26(19-24)25-7-5-6-8-27(25)31(28)4-2/h5-14,19H,3-4,15-18,20-21H2,1-2H3/p+2. The molecule has 31 heavy (non-hydrogen) atoms. The number of fused-ring (bicyclic) bond motifs is 3. The van der Waals surface area contributed by atoms with Crippen LogP contribution in [0, 0.1) is 0 Å². The van der Waals surface area contributed by atoms with Gasteiger partial charge in [-0.25, -0.2) is 0 Å². The van der Waals surface area contributed by atoms with E-state index in [0.29, 0.717) is 0 Å². The molecule has 0 radical (unpaired) electrons. The summed E-state index contributed by atoms with van der Waals surface area (Å²) < 4.78 is 2.44. The lowest BCUT2D eigenvalue weighted by molar-refractivity contribution is -1.02. The third-order valence-electron chi connectivity index (χ3n) is 7.16. The normalized spacial score (nSPS) is 19.3. The highest BCUT2D eigenvalue weighted by Gasteiger charge is 2.23. The first-order chi connectivity index (χ1) is 15.2. The minimum absolute atomic E-state index is 1.01. The largest absolute Gasteiger partial charge is 0.341 e. The first-order valence-corrected chi connectivity index (χ1v) is 12.0. The van der Waals surface area contributed by atoms with Crippen molar-refractivity contribution in [3.8, 4) is 0 Å². The maximum absolute atomic E-state index is 2.45. The Morgan fingerprint density at radius 2 is 1.23 bits per heavy atom. The SMILES string of the molecule is CCc1ccc(C[NH+]2CC[NH+](Cc3ccc4c(c3)c3ccccc3n4CC)CC2)cc1. The Bertz CT molecular complexity index is 1160. The van der Waals surface area contributed by atoms with Crippen LogP contribution in [-0.4, -0.2) is 30.7 Å². The number of nitrogens with one attached hydrogen (secondary N) is 2. The molecule has 0 spiro atoms. The lowest BCUT2D eigenvalue weighted by atomic mass is 10.1. The molecule has 0 bridgehead atoms. The zero-order chi connectivity index (χ0) is 21.2. The molecule has 0 saturated carbocycles. The molecule has 1 aromatic heterocycles. The van der Waals surface area contributed by atoms with Gasteiger partial charge < -0.3 is 14.4 Å². The predicted octanol–water partition coefficient (Wildman–Crippen LogP) is 2.86. The molecule has 1 aliphatic heterocycles. The molecule has 0 aliphatic carbocycles. The van der Waals surface area contributed by atoms with Crippen molar-refractivity contribution in [1.29, 1.82) is 0 Å². The van der Waals surface area contributed by atoms with Crippen LogP contribution in [-0.2, 0) is 26.1 Å². The van der Waals surface area contributed by atoms with Crippen LogP contribution in [0.15, 0.2) is 66.7 Å². The maximum atomic E-state index is 2.45. The molecular formula is C28H35N3+2. The van der Waals surface area contributed by atoms with Crippen LogP contribution < -0.4 is 9.80 Å². The average molecular weight is 414 g/mol. The Kier molecular flexibility index (Phi) is 5.80. The summed E-state index contributed by atoms with van der Waals surface area (Å²) in [4.78, 5) is 3.46. The van der Waals surface area contributed by atoms with Gasteiger partial charge in [-0.2, -0.15) is 0 Å². The molecule has 4 aromatic rings. The van der Waals surface area contributed by atoms with Crippen LogP contribution in [0.4, 0.5) is 0 Å². The number of para-hydroxylation sites is 1. The fourth-order valence-corrected chi connectivity index (χ4v) is 5.33. The fraction of sp³-hybridized carbons (Fsp3) is 0.357. The summed E-state index contributed by atoms with van der Waals surface area (Å²) in [5.41, 5.74) is 7.11. The Labute approximate surface area is 185 Å². The van der Waals surface area contributed by atoms with E-state index in [4.69, 9.17) is 0 Å². The number of hydrogen-bond donors (Lipinski definition) is 2. The highest BCUT2D eigenvalue weighted by atomic mass is 15.3. The molecule has 0 amide bonds. The Morgan fingerprint density at radius 3 is 1.90 bits per heavy atom. The van der Waals surface area contributed by atoms with Crippen molar-refractivity contribution in [2.45, 2.75) is 39.9 Å². The lowest BCUT2D eigenvalue weighted by Gasteiger charge is -2.30. The van der Waals surface area contributed by atoms with Crippen molar-refractivity contribution in [2.24, 2.45) is 0 Å². The number of nitrogens with zero attached hydrogens (tertiary/aromatic N) is 1. The second-order valence-electron chi connectivity index (χ2n) is 9.14. The third-order valence-corrected chi connectivity index (χ3v) is 7.16. The number of quaternary nitrogens is 2. The van der Waals surface area contributed by atoms with Crippen molar-refractivity contribution in [3.63, 3.8) is 0 Å². The summed E-state index contributed by atoms with van der Waals surface area (Å²) >= 11 is 0. The summed E-state index contributed by atoms with van der Waals surface area (Å²) in [6.07, 6.45) is 1.12. The molecule has 3 nitrogen and oxygen atoms in total. The van der Waals surface area contributed by atoms with Gasteiger partial charge >= 0.3 is 0 Å².